The van der Waals surface area contributed by atoms with Crippen molar-refractivity contribution in [2.75, 3.05) is 0 Å². The Morgan fingerprint density at radius 3 is 2.74 bits per heavy atom. The lowest BCUT2D eigenvalue weighted by Crippen LogP contribution is -2.21. The van der Waals surface area contributed by atoms with Crippen LogP contribution in [-0.4, -0.2) is 5.78 Å². The number of Topliss-reactive ketones (excluding diaryl/α,β-unsaturated/α-hetero) is 1. The molecule has 3 unspecified atom stereocenters. The van der Waals surface area contributed by atoms with Gasteiger partial charge < -0.3 is 0 Å². The molecule has 102 valence electrons. The van der Waals surface area contributed by atoms with E-state index in [1.165, 1.54) is 24.8 Å². The van der Waals surface area contributed by atoms with Crippen LogP contribution in [0.5, 0.6) is 0 Å². The Balaban J connectivity index is 1.76. The molecule has 3 rings (SSSR count). The Hall–Kier alpha value is -1.11. The van der Waals surface area contributed by atoms with E-state index >= 15 is 0 Å². The molecule has 0 spiro atoms. The summed E-state index contributed by atoms with van der Waals surface area (Å²) in [6.45, 7) is 4.45. The molecule has 0 heterocycles. The zero-order chi connectivity index (χ0) is 13.4. The van der Waals surface area contributed by atoms with Crippen molar-refractivity contribution in [1.29, 1.82) is 0 Å². The molecule has 0 N–H and O–H groups in total. The van der Waals surface area contributed by atoms with E-state index in [1.54, 1.807) is 0 Å². The van der Waals surface area contributed by atoms with Crippen LogP contribution in [0.2, 0.25) is 0 Å². The van der Waals surface area contributed by atoms with Gasteiger partial charge in [-0.2, -0.15) is 0 Å². The molecule has 3 atom stereocenters. The van der Waals surface area contributed by atoms with Crippen molar-refractivity contribution in [3.63, 3.8) is 0 Å². The van der Waals surface area contributed by atoms with Crippen LogP contribution in [0.4, 0.5) is 0 Å². The van der Waals surface area contributed by atoms with Gasteiger partial charge in [-0.05, 0) is 55.1 Å². The van der Waals surface area contributed by atoms with Crippen molar-refractivity contribution >= 4 is 5.78 Å². The Morgan fingerprint density at radius 1 is 1.26 bits per heavy atom. The lowest BCUT2D eigenvalue weighted by Gasteiger charge is -2.20. The first-order chi connectivity index (χ1) is 9.13. The fourth-order valence-corrected chi connectivity index (χ4v) is 4.10. The average Bonchev–Trinajstić information content (AvgIpc) is 2.99. The summed E-state index contributed by atoms with van der Waals surface area (Å²) < 4.78 is 0. The van der Waals surface area contributed by atoms with Gasteiger partial charge >= 0.3 is 0 Å². The van der Waals surface area contributed by atoms with E-state index in [9.17, 15) is 4.79 Å². The van der Waals surface area contributed by atoms with E-state index in [0.717, 1.165) is 24.3 Å². The summed E-state index contributed by atoms with van der Waals surface area (Å²) >= 11 is 0. The van der Waals surface area contributed by atoms with Crippen LogP contribution < -0.4 is 0 Å². The molecule has 0 aliphatic heterocycles. The quantitative estimate of drug-likeness (QED) is 0.725. The lowest BCUT2D eigenvalue weighted by molar-refractivity contribution is 0.0874. The maximum atomic E-state index is 12.7. The van der Waals surface area contributed by atoms with Crippen LogP contribution in [0.25, 0.3) is 0 Å². The van der Waals surface area contributed by atoms with Crippen molar-refractivity contribution < 1.29 is 4.79 Å². The summed E-state index contributed by atoms with van der Waals surface area (Å²) in [5, 5.41) is 0. The summed E-state index contributed by atoms with van der Waals surface area (Å²) in [7, 11) is 0. The standard InChI is InChI=1S/C18H24O/c1-12(2)8-13-4-3-5-16(10-13)18(19)17-11-14-6-7-15(17)9-14/h3-5,10,12,14-15,17H,6-9,11H2,1-2H3. The van der Waals surface area contributed by atoms with Gasteiger partial charge in [0, 0.05) is 11.5 Å². The highest BCUT2D eigenvalue weighted by atomic mass is 16.1. The normalized spacial score (nSPS) is 29.1. The van der Waals surface area contributed by atoms with Crippen LogP contribution in [0.3, 0.4) is 0 Å². The molecular formula is C18H24O. The number of rotatable bonds is 4. The molecule has 0 saturated heterocycles. The van der Waals surface area contributed by atoms with E-state index in [2.05, 4.69) is 32.0 Å². The molecule has 0 amide bonds. The minimum atomic E-state index is 0.327. The van der Waals surface area contributed by atoms with Crippen LogP contribution in [0.1, 0.15) is 55.5 Å². The fraction of sp³-hybridized carbons (Fsp3) is 0.611. The number of carbonyl (C=O) groups is 1. The number of hydrogen-bond acceptors (Lipinski definition) is 1. The van der Waals surface area contributed by atoms with E-state index in [0.29, 0.717) is 23.5 Å². The molecule has 2 aliphatic rings. The number of carbonyl (C=O) groups excluding carboxylic acids is 1. The number of ketones is 1. The molecule has 1 heteroatoms. The van der Waals surface area contributed by atoms with Gasteiger partial charge in [-0.1, -0.05) is 38.5 Å². The number of hydrogen-bond donors (Lipinski definition) is 0. The number of fused-ring (bicyclic) bond motifs is 2. The van der Waals surface area contributed by atoms with E-state index in [-0.39, 0.29) is 0 Å². The second-order valence-corrected chi connectivity index (χ2v) is 6.94. The van der Waals surface area contributed by atoms with Gasteiger partial charge in [-0.25, -0.2) is 0 Å². The van der Waals surface area contributed by atoms with E-state index < -0.39 is 0 Å². The van der Waals surface area contributed by atoms with Crippen molar-refractivity contribution in [1.82, 2.24) is 0 Å². The third-order valence-electron chi connectivity index (χ3n) is 4.93. The zero-order valence-electron chi connectivity index (χ0n) is 12.1. The molecular weight excluding hydrogens is 232 g/mol. The monoisotopic (exact) mass is 256 g/mol. The van der Waals surface area contributed by atoms with Crippen molar-refractivity contribution in [3.05, 3.63) is 35.4 Å². The molecule has 0 aromatic heterocycles. The molecule has 2 bridgehead atoms. The highest BCUT2D eigenvalue weighted by Gasteiger charge is 2.43. The molecule has 1 nitrogen and oxygen atoms in total. The van der Waals surface area contributed by atoms with Crippen molar-refractivity contribution in [2.24, 2.45) is 23.7 Å². The summed E-state index contributed by atoms with van der Waals surface area (Å²) in [4.78, 5) is 12.7. The molecule has 19 heavy (non-hydrogen) atoms. The number of benzene rings is 1. The van der Waals surface area contributed by atoms with Gasteiger partial charge in [0.15, 0.2) is 5.78 Å². The van der Waals surface area contributed by atoms with Gasteiger partial charge in [-0.3, -0.25) is 4.79 Å². The SMILES string of the molecule is CC(C)Cc1cccc(C(=O)C2CC3CCC2C3)c1. The lowest BCUT2D eigenvalue weighted by atomic mass is 9.83. The average molecular weight is 256 g/mol. The van der Waals surface area contributed by atoms with Gasteiger partial charge in [0.1, 0.15) is 0 Å². The Bertz CT molecular complexity index is 474. The van der Waals surface area contributed by atoms with E-state index in [1.807, 2.05) is 6.07 Å². The fourth-order valence-electron chi connectivity index (χ4n) is 4.10. The third-order valence-corrected chi connectivity index (χ3v) is 4.93. The van der Waals surface area contributed by atoms with Gasteiger partial charge in [-0.15, -0.1) is 0 Å². The maximum Gasteiger partial charge on any atom is 0.166 e. The minimum absolute atomic E-state index is 0.327. The highest BCUT2D eigenvalue weighted by molar-refractivity contribution is 5.98. The maximum absolute atomic E-state index is 12.7. The Labute approximate surface area is 116 Å². The van der Waals surface area contributed by atoms with Crippen LogP contribution in [-0.2, 0) is 6.42 Å². The summed E-state index contributed by atoms with van der Waals surface area (Å²) in [5.41, 5.74) is 2.26. The second kappa shape index (κ2) is 5.11. The Morgan fingerprint density at radius 2 is 2.11 bits per heavy atom. The van der Waals surface area contributed by atoms with Crippen LogP contribution in [0.15, 0.2) is 24.3 Å². The van der Waals surface area contributed by atoms with Crippen LogP contribution in [0, 0.1) is 23.7 Å². The van der Waals surface area contributed by atoms with Gasteiger partial charge in [0.25, 0.3) is 0 Å². The predicted octanol–water partition coefficient (Wildman–Crippen LogP) is 4.50. The smallest absolute Gasteiger partial charge is 0.166 e. The third kappa shape index (κ3) is 2.61. The van der Waals surface area contributed by atoms with Gasteiger partial charge in [0.2, 0.25) is 0 Å². The highest BCUT2D eigenvalue weighted by Crippen LogP contribution is 2.49. The Kier molecular flexibility index (Phi) is 3.47. The van der Waals surface area contributed by atoms with Gasteiger partial charge in [0.05, 0.1) is 0 Å². The summed E-state index contributed by atoms with van der Waals surface area (Å²) in [6.07, 6.45) is 6.17. The minimum Gasteiger partial charge on any atom is -0.294 e. The van der Waals surface area contributed by atoms with Crippen LogP contribution >= 0.6 is 0 Å². The molecule has 1 aromatic carbocycles. The summed E-state index contributed by atoms with van der Waals surface area (Å²) in [6, 6.07) is 8.35. The summed E-state index contributed by atoms with van der Waals surface area (Å²) in [5.74, 6) is 2.92. The first kappa shape index (κ1) is 12.9. The zero-order valence-corrected chi connectivity index (χ0v) is 12.1. The van der Waals surface area contributed by atoms with Crippen molar-refractivity contribution in [3.8, 4) is 0 Å². The first-order valence-electron chi connectivity index (χ1n) is 7.76. The topological polar surface area (TPSA) is 17.1 Å². The first-order valence-corrected chi connectivity index (χ1v) is 7.76. The molecule has 1 aromatic rings. The molecule has 0 radical (unpaired) electrons. The molecule has 2 saturated carbocycles. The second-order valence-electron chi connectivity index (χ2n) is 6.94. The molecule has 2 fully saturated rings. The molecule has 2 aliphatic carbocycles. The largest absolute Gasteiger partial charge is 0.294 e. The van der Waals surface area contributed by atoms with E-state index in [4.69, 9.17) is 0 Å². The predicted molar refractivity (Wildman–Crippen MR) is 78.3 cm³/mol. The van der Waals surface area contributed by atoms with Crippen molar-refractivity contribution in [2.45, 2.75) is 46.0 Å².